The predicted molar refractivity (Wildman–Crippen MR) is 146 cm³/mol. The van der Waals surface area contributed by atoms with Crippen molar-refractivity contribution >= 4 is 35.6 Å². The molecule has 2 unspecified atom stereocenters. The number of methoxy groups -OCH3 is 1. The van der Waals surface area contributed by atoms with Gasteiger partial charge in [-0.2, -0.15) is 11.8 Å². The van der Waals surface area contributed by atoms with Crippen molar-refractivity contribution in [3.63, 3.8) is 0 Å². The molecule has 37 heavy (non-hydrogen) atoms. The van der Waals surface area contributed by atoms with E-state index in [1.807, 2.05) is 45.2 Å². The van der Waals surface area contributed by atoms with Crippen molar-refractivity contribution in [3.8, 4) is 0 Å². The summed E-state index contributed by atoms with van der Waals surface area (Å²) in [7, 11) is 1.24. The third-order valence-corrected chi connectivity index (χ3v) is 6.20. The van der Waals surface area contributed by atoms with Gasteiger partial charge in [-0.3, -0.25) is 14.4 Å². The maximum atomic E-state index is 14.0. The van der Waals surface area contributed by atoms with Gasteiger partial charge in [-0.05, 0) is 70.6 Å². The van der Waals surface area contributed by atoms with E-state index in [2.05, 4.69) is 15.4 Å². The van der Waals surface area contributed by atoms with Gasteiger partial charge in [-0.15, -0.1) is 0 Å². The van der Waals surface area contributed by atoms with Crippen LogP contribution in [0.1, 0.15) is 69.7 Å². The number of rotatable bonds is 13. The smallest absolute Gasteiger partial charge is 0.408 e. The molecule has 9 nitrogen and oxygen atoms in total. The summed E-state index contributed by atoms with van der Waals surface area (Å²) in [6, 6.07) is 3.83. The molecule has 10 heteroatoms. The lowest BCUT2D eigenvalue weighted by Gasteiger charge is -2.35. The first-order chi connectivity index (χ1) is 17.3. The summed E-state index contributed by atoms with van der Waals surface area (Å²) in [6.07, 6.45) is 3.04. The highest BCUT2D eigenvalue weighted by atomic mass is 32.2. The maximum absolute atomic E-state index is 14.0. The number of benzene rings is 1. The van der Waals surface area contributed by atoms with E-state index in [1.54, 1.807) is 32.5 Å². The number of hydrogen-bond acceptors (Lipinski definition) is 7. The van der Waals surface area contributed by atoms with Crippen LogP contribution in [-0.2, 0) is 23.9 Å². The minimum absolute atomic E-state index is 0.296. The summed E-state index contributed by atoms with van der Waals surface area (Å²) < 4.78 is 10.1. The molecular formula is C27H43N3O6S. The monoisotopic (exact) mass is 537 g/mol. The lowest BCUT2D eigenvalue weighted by molar-refractivity contribution is -0.144. The molecule has 1 aromatic rings. The molecule has 208 valence electrons. The second-order valence-corrected chi connectivity index (χ2v) is 10.9. The van der Waals surface area contributed by atoms with E-state index in [9.17, 15) is 19.2 Å². The molecule has 3 amide bonds. The largest absolute Gasteiger partial charge is 0.468 e. The lowest BCUT2D eigenvalue weighted by atomic mass is 9.95. The molecule has 0 radical (unpaired) electrons. The number of esters is 1. The molecule has 0 aromatic heterocycles. The Balaban J connectivity index is 3.51. The van der Waals surface area contributed by atoms with Crippen molar-refractivity contribution in [1.82, 2.24) is 15.5 Å². The number of carbonyl (C=O) groups is 4. The van der Waals surface area contributed by atoms with E-state index >= 15 is 0 Å². The summed E-state index contributed by atoms with van der Waals surface area (Å²) in [5, 5.41) is 5.34. The van der Waals surface area contributed by atoms with Crippen LogP contribution in [0.3, 0.4) is 0 Å². The van der Waals surface area contributed by atoms with Crippen LogP contribution in [0.15, 0.2) is 18.2 Å². The molecule has 0 spiro atoms. The molecule has 1 rings (SSSR count). The van der Waals surface area contributed by atoms with E-state index in [0.29, 0.717) is 30.7 Å². The van der Waals surface area contributed by atoms with Crippen molar-refractivity contribution in [3.05, 3.63) is 34.9 Å². The third-order valence-electron chi connectivity index (χ3n) is 5.56. The molecular weight excluding hydrogens is 494 g/mol. The van der Waals surface area contributed by atoms with E-state index in [1.165, 1.54) is 12.0 Å². The average Bonchev–Trinajstić information content (AvgIpc) is 2.82. The van der Waals surface area contributed by atoms with E-state index in [-0.39, 0.29) is 12.5 Å². The SMILES string of the molecule is CCCCN(C(=O)C(CCSC)NC(=O)OC(C)(C)C)C(C(=O)NCC(=O)OC)c1cc(C)ccc1C. The number of nitrogens with zero attached hydrogens (tertiary/aromatic N) is 1. The second kappa shape index (κ2) is 15.5. The highest BCUT2D eigenvalue weighted by molar-refractivity contribution is 7.98. The van der Waals surface area contributed by atoms with E-state index in [4.69, 9.17) is 4.74 Å². The molecule has 2 atom stereocenters. The van der Waals surface area contributed by atoms with Gasteiger partial charge in [0.25, 0.3) is 0 Å². The van der Waals surface area contributed by atoms with Gasteiger partial charge in [0, 0.05) is 6.54 Å². The quantitative estimate of drug-likeness (QED) is 0.367. The van der Waals surface area contributed by atoms with Crippen LogP contribution in [-0.4, -0.2) is 72.6 Å². The minimum atomic E-state index is -0.999. The van der Waals surface area contributed by atoms with Crippen LogP contribution in [0, 0.1) is 13.8 Å². The van der Waals surface area contributed by atoms with Crippen molar-refractivity contribution < 1.29 is 28.7 Å². The normalized spacial score (nSPS) is 12.8. The highest BCUT2D eigenvalue weighted by Gasteiger charge is 2.36. The van der Waals surface area contributed by atoms with Crippen molar-refractivity contribution in [1.29, 1.82) is 0 Å². The van der Waals surface area contributed by atoms with Gasteiger partial charge >= 0.3 is 12.1 Å². The van der Waals surface area contributed by atoms with Crippen LogP contribution in [0.4, 0.5) is 4.79 Å². The van der Waals surface area contributed by atoms with Gasteiger partial charge in [0.15, 0.2) is 0 Å². The molecule has 0 heterocycles. The van der Waals surface area contributed by atoms with E-state index < -0.39 is 35.7 Å². The van der Waals surface area contributed by atoms with Crippen LogP contribution < -0.4 is 10.6 Å². The summed E-state index contributed by atoms with van der Waals surface area (Å²) in [5.74, 6) is -0.850. The topological polar surface area (TPSA) is 114 Å². The maximum Gasteiger partial charge on any atom is 0.408 e. The van der Waals surface area contributed by atoms with Gasteiger partial charge in [0.2, 0.25) is 11.8 Å². The van der Waals surface area contributed by atoms with Crippen molar-refractivity contribution in [2.75, 3.05) is 32.2 Å². The van der Waals surface area contributed by atoms with Crippen molar-refractivity contribution in [2.24, 2.45) is 0 Å². The Kier molecular flexibility index (Phi) is 13.5. The van der Waals surface area contributed by atoms with Crippen LogP contribution in [0.2, 0.25) is 0 Å². The first-order valence-electron chi connectivity index (χ1n) is 12.5. The highest BCUT2D eigenvalue weighted by Crippen LogP contribution is 2.27. The van der Waals surface area contributed by atoms with Crippen LogP contribution in [0.25, 0.3) is 0 Å². The number of hydrogen-bond donors (Lipinski definition) is 2. The number of ether oxygens (including phenoxy) is 2. The number of unbranched alkanes of at least 4 members (excludes halogenated alkanes) is 1. The van der Waals surface area contributed by atoms with Gasteiger partial charge in [-0.1, -0.05) is 37.1 Å². The summed E-state index contributed by atoms with van der Waals surface area (Å²) >= 11 is 1.55. The fourth-order valence-electron chi connectivity index (χ4n) is 3.67. The molecule has 0 bridgehead atoms. The fraction of sp³-hybridized carbons (Fsp3) is 0.630. The average molecular weight is 538 g/mol. The van der Waals surface area contributed by atoms with E-state index in [0.717, 1.165) is 17.5 Å². The Morgan fingerprint density at radius 3 is 2.38 bits per heavy atom. The molecule has 0 aliphatic heterocycles. The summed E-state index contributed by atoms with van der Waals surface area (Å²) in [4.78, 5) is 53.5. The molecule has 0 aliphatic rings. The Hall–Kier alpha value is -2.75. The fourth-order valence-corrected chi connectivity index (χ4v) is 4.14. The molecule has 0 fully saturated rings. The Morgan fingerprint density at radius 2 is 1.81 bits per heavy atom. The molecule has 1 aromatic carbocycles. The third kappa shape index (κ3) is 11.0. The Bertz CT molecular complexity index is 931. The van der Waals surface area contributed by atoms with Crippen LogP contribution >= 0.6 is 11.8 Å². The summed E-state index contributed by atoms with van der Waals surface area (Å²) in [5.41, 5.74) is 1.69. The number of thioether (sulfide) groups is 1. The summed E-state index contributed by atoms with van der Waals surface area (Å²) in [6.45, 7) is 11.0. The van der Waals surface area contributed by atoms with Crippen molar-refractivity contribution in [2.45, 2.75) is 78.5 Å². The van der Waals surface area contributed by atoms with Gasteiger partial charge < -0.3 is 25.0 Å². The standard InChI is InChI=1S/C27H43N3O6S/c1-9-10-14-30(25(33)21(13-15-37-8)29-26(34)36-27(4,5)6)23(24(32)28-17-22(31)35-7)20-16-18(2)11-12-19(20)3/h11-12,16,21,23H,9-10,13-15,17H2,1-8H3,(H,28,32)(H,29,34). The first-order valence-corrected chi connectivity index (χ1v) is 13.9. The minimum Gasteiger partial charge on any atom is -0.468 e. The zero-order chi connectivity index (χ0) is 28.2. The predicted octanol–water partition coefficient (Wildman–Crippen LogP) is 3.91. The number of amides is 3. The molecule has 0 saturated heterocycles. The first kappa shape index (κ1) is 32.3. The van der Waals surface area contributed by atoms with Gasteiger partial charge in [0.1, 0.15) is 24.2 Å². The molecule has 2 N–H and O–H groups in total. The molecule has 0 aliphatic carbocycles. The zero-order valence-corrected chi connectivity index (χ0v) is 24.3. The number of aryl methyl sites for hydroxylation is 2. The lowest BCUT2D eigenvalue weighted by Crippen LogP contribution is -2.53. The van der Waals surface area contributed by atoms with Gasteiger partial charge in [0.05, 0.1) is 7.11 Å². The molecule has 0 saturated carbocycles. The van der Waals surface area contributed by atoms with Gasteiger partial charge in [-0.25, -0.2) is 4.79 Å². The number of carbonyl (C=O) groups excluding carboxylic acids is 4. The zero-order valence-electron chi connectivity index (χ0n) is 23.4. The number of nitrogens with one attached hydrogen (secondary N) is 2. The second-order valence-electron chi connectivity index (χ2n) is 9.92. The van der Waals surface area contributed by atoms with Crippen LogP contribution in [0.5, 0.6) is 0 Å². The number of alkyl carbamates (subject to hydrolysis) is 1. The Labute approximate surface area is 225 Å². The Morgan fingerprint density at radius 1 is 1.14 bits per heavy atom.